The molecule has 0 unspecified atom stereocenters. The van der Waals surface area contributed by atoms with Gasteiger partial charge in [0.1, 0.15) is 0 Å². The zero-order valence-corrected chi connectivity index (χ0v) is 10.0. The summed E-state index contributed by atoms with van der Waals surface area (Å²) < 4.78 is 0.263. The molecule has 1 aromatic heterocycles. The minimum Gasteiger partial charge on any atom is -0.397 e. The van der Waals surface area contributed by atoms with E-state index in [1.54, 1.807) is 18.3 Å². The minimum atomic E-state index is -0.182. The van der Waals surface area contributed by atoms with E-state index in [-0.39, 0.29) is 10.7 Å². The number of thioether (sulfide) groups is 1. The Hall–Kier alpha value is -1.23. The minimum absolute atomic E-state index is 0.182. The van der Waals surface area contributed by atoms with Crippen LogP contribution in [-0.4, -0.2) is 28.4 Å². The number of nitrogen functional groups attached to an aromatic ring is 1. The topological polar surface area (TPSA) is 68.0 Å². The molecule has 1 amide bonds. The lowest BCUT2D eigenvalue weighted by molar-refractivity contribution is 0.0949. The molecule has 0 bridgehead atoms. The van der Waals surface area contributed by atoms with Crippen LogP contribution in [0, 0.1) is 0 Å². The van der Waals surface area contributed by atoms with Gasteiger partial charge in [0, 0.05) is 17.5 Å². The van der Waals surface area contributed by atoms with E-state index in [0.29, 0.717) is 17.9 Å². The highest BCUT2D eigenvalue weighted by Crippen LogP contribution is 2.46. The first-order valence-electron chi connectivity index (χ1n) is 5.21. The zero-order chi connectivity index (χ0) is 11.6. The van der Waals surface area contributed by atoms with E-state index in [9.17, 15) is 4.79 Å². The maximum absolute atomic E-state index is 11.8. The van der Waals surface area contributed by atoms with Crippen LogP contribution in [-0.2, 0) is 0 Å². The summed E-state index contributed by atoms with van der Waals surface area (Å²) in [6, 6.07) is 3.40. The Morgan fingerprint density at radius 2 is 2.44 bits per heavy atom. The molecule has 0 aromatic carbocycles. The van der Waals surface area contributed by atoms with Crippen LogP contribution in [0.25, 0.3) is 0 Å². The zero-order valence-electron chi connectivity index (χ0n) is 9.19. The number of carbonyl (C=O) groups excluding carboxylic acids is 1. The average molecular weight is 237 g/mol. The third-order valence-corrected chi connectivity index (χ3v) is 4.28. The number of pyridine rings is 1. The van der Waals surface area contributed by atoms with Crippen LogP contribution in [0.2, 0.25) is 0 Å². The van der Waals surface area contributed by atoms with Gasteiger partial charge in [-0.3, -0.25) is 4.79 Å². The van der Waals surface area contributed by atoms with E-state index >= 15 is 0 Å². The lowest BCUT2D eigenvalue weighted by atomic mass is 10.3. The van der Waals surface area contributed by atoms with Gasteiger partial charge in [-0.15, -0.1) is 0 Å². The van der Waals surface area contributed by atoms with E-state index in [4.69, 9.17) is 5.73 Å². The van der Waals surface area contributed by atoms with E-state index < -0.39 is 0 Å². The monoisotopic (exact) mass is 237 g/mol. The molecule has 3 N–H and O–H groups in total. The highest BCUT2D eigenvalue weighted by molar-refractivity contribution is 8.00. The second-order valence-electron chi connectivity index (χ2n) is 4.01. The number of nitrogens with one attached hydrogen (secondary N) is 1. The van der Waals surface area contributed by atoms with Crippen molar-refractivity contribution in [3.63, 3.8) is 0 Å². The third kappa shape index (κ3) is 2.29. The molecule has 0 atom stereocenters. The van der Waals surface area contributed by atoms with Gasteiger partial charge in [0.05, 0.1) is 5.69 Å². The first-order chi connectivity index (χ1) is 7.67. The molecule has 1 fully saturated rings. The summed E-state index contributed by atoms with van der Waals surface area (Å²) in [6.07, 6.45) is 6.00. The van der Waals surface area contributed by atoms with Gasteiger partial charge >= 0.3 is 0 Å². The maximum Gasteiger partial charge on any atom is 0.272 e. The number of hydrogen-bond donors (Lipinski definition) is 2. The van der Waals surface area contributed by atoms with Gasteiger partial charge in [0.2, 0.25) is 0 Å². The van der Waals surface area contributed by atoms with Crippen LogP contribution in [0.4, 0.5) is 5.69 Å². The SMILES string of the molecule is CSC1(CNC(=O)c2ncccc2N)CC1. The van der Waals surface area contributed by atoms with Crippen LogP contribution in [0.1, 0.15) is 23.3 Å². The molecule has 0 saturated heterocycles. The molecular formula is C11H15N3OS. The smallest absolute Gasteiger partial charge is 0.272 e. The number of amides is 1. The Kier molecular flexibility index (Phi) is 3.05. The number of carbonyl (C=O) groups is 1. The Morgan fingerprint density at radius 1 is 1.69 bits per heavy atom. The molecule has 86 valence electrons. The van der Waals surface area contributed by atoms with Gasteiger partial charge in [0.15, 0.2) is 5.69 Å². The van der Waals surface area contributed by atoms with Crippen molar-refractivity contribution in [2.75, 3.05) is 18.5 Å². The molecule has 1 saturated carbocycles. The predicted octanol–water partition coefficient (Wildman–Crippen LogP) is 1.29. The molecule has 4 nitrogen and oxygen atoms in total. The predicted molar refractivity (Wildman–Crippen MR) is 66.5 cm³/mol. The number of nitrogens with two attached hydrogens (primary N) is 1. The Balaban J connectivity index is 1.96. The standard InChI is InChI=1S/C11H15N3OS/c1-16-11(4-5-11)7-14-10(15)9-8(12)3-2-6-13-9/h2-3,6H,4-5,7,12H2,1H3,(H,14,15). The van der Waals surface area contributed by atoms with Crippen molar-refractivity contribution in [2.45, 2.75) is 17.6 Å². The van der Waals surface area contributed by atoms with Crippen molar-refractivity contribution in [3.8, 4) is 0 Å². The summed E-state index contributed by atoms with van der Waals surface area (Å²) in [7, 11) is 0. The molecule has 0 radical (unpaired) electrons. The summed E-state index contributed by atoms with van der Waals surface area (Å²) in [5, 5.41) is 2.89. The van der Waals surface area contributed by atoms with E-state index in [0.717, 1.165) is 0 Å². The van der Waals surface area contributed by atoms with Crippen LogP contribution in [0.15, 0.2) is 18.3 Å². The fraction of sp³-hybridized carbons (Fsp3) is 0.455. The van der Waals surface area contributed by atoms with Crippen LogP contribution >= 0.6 is 11.8 Å². The number of rotatable bonds is 4. The quantitative estimate of drug-likeness (QED) is 0.828. The highest BCUT2D eigenvalue weighted by atomic mass is 32.2. The van der Waals surface area contributed by atoms with Crippen LogP contribution in [0.5, 0.6) is 0 Å². The summed E-state index contributed by atoms with van der Waals surface area (Å²) >= 11 is 1.81. The fourth-order valence-corrected chi connectivity index (χ4v) is 2.25. The van der Waals surface area contributed by atoms with Gasteiger partial charge in [0.25, 0.3) is 5.91 Å². The second-order valence-corrected chi connectivity index (χ2v) is 5.29. The second kappa shape index (κ2) is 4.33. The van der Waals surface area contributed by atoms with Crippen molar-refractivity contribution in [1.29, 1.82) is 0 Å². The Bertz CT molecular complexity index is 404. The largest absolute Gasteiger partial charge is 0.397 e. The first-order valence-corrected chi connectivity index (χ1v) is 6.43. The van der Waals surface area contributed by atoms with E-state index in [1.807, 2.05) is 11.8 Å². The Labute approximate surface area is 99.0 Å². The number of anilines is 1. The molecule has 1 heterocycles. The highest BCUT2D eigenvalue weighted by Gasteiger charge is 2.42. The number of aromatic nitrogens is 1. The fourth-order valence-electron chi connectivity index (χ4n) is 1.53. The summed E-state index contributed by atoms with van der Waals surface area (Å²) in [6.45, 7) is 0.697. The van der Waals surface area contributed by atoms with Crippen molar-refractivity contribution in [3.05, 3.63) is 24.0 Å². The number of nitrogens with zero attached hydrogens (tertiary/aromatic N) is 1. The molecule has 1 aliphatic carbocycles. The molecule has 1 aliphatic rings. The van der Waals surface area contributed by atoms with Gasteiger partial charge in [-0.25, -0.2) is 4.98 Å². The molecular weight excluding hydrogens is 222 g/mol. The molecule has 0 aliphatic heterocycles. The van der Waals surface area contributed by atoms with Crippen LogP contribution < -0.4 is 11.1 Å². The third-order valence-electron chi connectivity index (χ3n) is 2.87. The van der Waals surface area contributed by atoms with Gasteiger partial charge in [-0.2, -0.15) is 11.8 Å². The van der Waals surface area contributed by atoms with E-state index in [2.05, 4.69) is 16.6 Å². The molecule has 16 heavy (non-hydrogen) atoms. The van der Waals surface area contributed by atoms with Crippen molar-refractivity contribution < 1.29 is 4.79 Å². The molecule has 0 spiro atoms. The lowest BCUT2D eigenvalue weighted by Gasteiger charge is -2.13. The van der Waals surface area contributed by atoms with Gasteiger partial charge < -0.3 is 11.1 Å². The Morgan fingerprint density at radius 3 is 3.00 bits per heavy atom. The molecule has 5 heteroatoms. The average Bonchev–Trinajstić information content (AvgIpc) is 3.07. The molecule has 1 aromatic rings. The van der Waals surface area contributed by atoms with Crippen molar-refractivity contribution in [1.82, 2.24) is 10.3 Å². The maximum atomic E-state index is 11.8. The van der Waals surface area contributed by atoms with Crippen molar-refractivity contribution in [2.24, 2.45) is 0 Å². The normalized spacial score (nSPS) is 16.8. The van der Waals surface area contributed by atoms with E-state index in [1.165, 1.54) is 12.8 Å². The lowest BCUT2D eigenvalue weighted by Crippen LogP contribution is -2.32. The number of hydrogen-bond acceptors (Lipinski definition) is 4. The van der Waals surface area contributed by atoms with Crippen molar-refractivity contribution >= 4 is 23.4 Å². The van der Waals surface area contributed by atoms with Gasteiger partial charge in [-0.1, -0.05) is 0 Å². The molecule has 2 rings (SSSR count). The summed E-state index contributed by atoms with van der Waals surface area (Å²) in [4.78, 5) is 15.8. The first kappa shape index (κ1) is 11.3. The van der Waals surface area contributed by atoms with Crippen LogP contribution in [0.3, 0.4) is 0 Å². The summed E-state index contributed by atoms with van der Waals surface area (Å²) in [5.41, 5.74) is 6.42. The summed E-state index contributed by atoms with van der Waals surface area (Å²) in [5.74, 6) is -0.182. The van der Waals surface area contributed by atoms with Gasteiger partial charge in [-0.05, 0) is 31.2 Å².